The third-order valence-electron chi connectivity index (χ3n) is 5.13. The summed E-state index contributed by atoms with van der Waals surface area (Å²) in [6.07, 6.45) is 5.63. The predicted octanol–water partition coefficient (Wildman–Crippen LogP) is 1.54. The van der Waals surface area contributed by atoms with Crippen molar-refractivity contribution in [3.8, 4) is 0 Å². The Balaban J connectivity index is 1.64. The molecule has 1 saturated carbocycles. The average molecular weight is 344 g/mol. The van der Waals surface area contributed by atoms with Gasteiger partial charge in [0.1, 0.15) is 6.54 Å². The number of carbonyl (C=O) groups is 3. The van der Waals surface area contributed by atoms with E-state index in [1.807, 2.05) is 0 Å². The number of nitrogens with one attached hydrogen (secondary N) is 2. The minimum atomic E-state index is -1.24. The third kappa shape index (κ3) is 3.50. The van der Waals surface area contributed by atoms with Crippen molar-refractivity contribution >= 4 is 17.8 Å². The van der Waals surface area contributed by atoms with Gasteiger partial charge in [0.05, 0.1) is 5.69 Å². The second-order valence-corrected chi connectivity index (χ2v) is 7.19. The highest BCUT2D eigenvalue weighted by molar-refractivity contribution is 6.08. The number of aromatic nitrogens is 1. The molecule has 0 spiro atoms. The lowest BCUT2D eigenvalue weighted by atomic mass is 9.87. The molecule has 1 aromatic rings. The largest absolute Gasteiger partial charge is 0.352 e. The maximum Gasteiger partial charge on any atom is 0.325 e. The van der Waals surface area contributed by atoms with E-state index >= 15 is 0 Å². The SMILES string of the molecule is CC1CCC(NC(=O)CN2C(=O)N[C@@](C)(c3ccccn3)C2=O)CC1. The minimum Gasteiger partial charge on any atom is -0.352 e. The molecule has 2 N–H and O–H groups in total. The Labute approximate surface area is 147 Å². The molecule has 1 aliphatic heterocycles. The Morgan fingerprint density at radius 3 is 2.68 bits per heavy atom. The quantitative estimate of drug-likeness (QED) is 0.811. The smallest absolute Gasteiger partial charge is 0.325 e. The molecule has 0 aromatic carbocycles. The minimum absolute atomic E-state index is 0.131. The first-order valence-electron chi connectivity index (χ1n) is 8.75. The molecule has 25 heavy (non-hydrogen) atoms. The Hall–Kier alpha value is -2.44. The first-order chi connectivity index (χ1) is 11.9. The molecule has 1 saturated heterocycles. The summed E-state index contributed by atoms with van der Waals surface area (Å²) in [6, 6.07) is 4.75. The fraction of sp³-hybridized carbons (Fsp3) is 0.556. The second kappa shape index (κ2) is 6.82. The van der Waals surface area contributed by atoms with Gasteiger partial charge >= 0.3 is 6.03 Å². The van der Waals surface area contributed by atoms with Gasteiger partial charge in [-0.1, -0.05) is 13.0 Å². The zero-order chi connectivity index (χ0) is 18.0. The number of rotatable bonds is 4. The van der Waals surface area contributed by atoms with Crippen LogP contribution in [-0.2, 0) is 15.1 Å². The molecule has 1 aliphatic carbocycles. The summed E-state index contributed by atoms with van der Waals surface area (Å²) in [5, 5.41) is 5.60. The molecular weight excluding hydrogens is 320 g/mol. The van der Waals surface area contributed by atoms with Gasteiger partial charge in [0.25, 0.3) is 5.91 Å². The van der Waals surface area contributed by atoms with Gasteiger partial charge in [-0.25, -0.2) is 4.79 Å². The van der Waals surface area contributed by atoms with E-state index in [4.69, 9.17) is 0 Å². The van der Waals surface area contributed by atoms with Gasteiger partial charge in [-0.15, -0.1) is 0 Å². The maximum atomic E-state index is 12.7. The Morgan fingerprint density at radius 1 is 1.32 bits per heavy atom. The van der Waals surface area contributed by atoms with E-state index in [0.717, 1.165) is 30.6 Å². The van der Waals surface area contributed by atoms with Gasteiger partial charge in [-0.05, 0) is 50.7 Å². The number of carbonyl (C=O) groups excluding carboxylic acids is 3. The van der Waals surface area contributed by atoms with Gasteiger partial charge in [0.15, 0.2) is 5.54 Å². The number of urea groups is 1. The molecule has 1 aromatic heterocycles. The standard InChI is InChI=1S/C18H24N4O3/c1-12-6-8-13(9-7-12)20-15(23)11-22-16(24)18(2,21-17(22)25)14-5-3-4-10-19-14/h3-5,10,12-13H,6-9,11H2,1-2H3,(H,20,23)(H,21,25)/t12?,13?,18-/m0/s1. The van der Waals surface area contributed by atoms with Crippen LogP contribution in [0.2, 0.25) is 0 Å². The lowest BCUT2D eigenvalue weighted by Crippen LogP contribution is -2.46. The van der Waals surface area contributed by atoms with Crippen molar-refractivity contribution < 1.29 is 14.4 Å². The highest BCUT2D eigenvalue weighted by Gasteiger charge is 2.50. The molecule has 3 rings (SSSR count). The molecule has 1 atom stereocenters. The van der Waals surface area contributed by atoms with Gasteiger partial charge < -0.3 is 10.6 Å². The molecule has 2 fully saturated rings. The number of amides is 4. The maximum absolute atomic E-state index is 12.7. The third-order valence-corrected chi connectivity index (χ3v) is 5.13. The summed E-state index contributed by atoms with van der Waals surface area (Å²) in [7, 11) is 0. The van der Waals surface area contributed by atoms with E-state index in [0.29, 0.717) is 11.6 Å². The van der Waals surface area contributed by atoms with Crippen molar-refractivity contribution in [2.24, 2.45) is 5.92 Å². The van der Waals surface area contributed by atoms with Crippen molar-refractivity contribution in [1.29, 1.82) is 0 Å². The molecule has 7 heteroatoms. The van der Waals surface area contributed by atoms with E-state index < -0.39 is 17.5 Å². The van der Waals surface area contributed by atoms with Crippen LogP contribution in [0, 0.1) is 5.92 Å². The second-order valence-electron chi connectivity index (χ2n) is 7.19. The topological polar surface area (TPSA) is 91.4 Å². The van der Waals surface area contributed by atoms with Crippen LogP contribution in [0.5, 0.6) is 0 Å². The van der Waals surface area contributed by atoms with E-state index in [9.17, 15) is 14.4 Å². The van der Waals surface area contributed by atoms with Gasteiger partial charge in [0.2, 0.25) is 5.91 Å². The zero-order valence-corrected chi connectivity index (χ0v) is 14.6. The molecule has 2 heterocycles. The monoisotopic (exact) mass is 344 g/mol. The van der Waals surface area contributed by atoms with E-state index in [1.54, 1.807) is 31.3 Å². The number of imide groups is 1. The summed E-state index contributed by atoms with van der Waals surface area (Å²) in [5.41, 5.74) is -0.781. The van der Waals surface area contributed by atoms with E-state index in [1.165, 1.54) is 0 Å². The van der Waals surface area contributed by atoms with E-state index in [2.05, 4.69) is 22.5 Å². The lowest BCUT2D eigenvalue weighted by Gasteiger charge is -2.27. The molecule has 2 aliphatic rings. The van der Waals surface area contributed by atoms with Crippen LogP contribution in [0.1, 0.15) is 45.2 Å². The highest BCUT2D eigenvalue weighted by atomic mass is 16.2. The molecule has 0 bridgehead atoms. The first-order valence-corrected chi connectivity index (χ1v) is 8.75. The van der Waals surface area contributed by atoms with Crippen LogP contribution >= 0.6 is 0 Å². The van der Waals surface area contributed by atoms with Crippen molar-refractivity contribution in [2.75, 3.05) is 6.54 Å². The number of hydrogen-bond donors (Lipinski definition) is 2. The van der Waals surface area contributed by atoms with Crippen molar-refractivity contribution in [3.05, 3.63) is 30.1 Å². The Bertz CT molecular complexity index is 670. The number of nitrogens with zero attached hydrogens (tertiary/aromatic N) is 2. The predicted molar refractivity (Wildman–Crippen MR) is 91.4 cm³/mol. The summed E-state index contributed by atoms with van der Waals surface area (Å²) >= 11 is 0. The lowest BCUT2D eigenvalue weighted by molar-refractivity contribution is -0.135. The summed E-state index contributed by atoms with van der Waals surface area (Å²) in [5.74, 6) is -0.0601. The molecule has 134 valence electrons. The van der Waals surface area contributed by atoms with Crippen molar-refractivity contribution in [2.45, 2.75) is 51.1 Å². The van der Waals surface area contributed by atoms with Crippen LogP contribution in [0.15, 0.2) is 24.4 Å². The summed E-state index contributed by atoms with van der Waals surface area (Å²) in [4.78, 5) is 42.4. The number of hydrogen-bond acceptors (Lipinski definition) is 4. The zero-order valence-electron chi connectivity index (χ0n) is 14.6. The fourth-order valence-electron chi connectivity index (χ4n) is 3.49. The normalized spacial score (nSPS) is 29.4. The molecule has 0 unspecified atom stereocenters. The van der Waals surface area contributed by atoms with Crippen LogP contribution < -0.4 is 10.6 Å². The molecule has 0 radical (unpaired) electrons. The highest BCUT2D eigenvalue weighted by Crippen LogP contribution is 2.27. The molecular formula is C18H24N4O3. The number of pyridine rings is 1. The molecule has 4 amide bonds. The van der Waals surface area contributed by atoms with Crippen LogP contribution in [-0.4, -0.2) is 40.3 Å². The first kappa shape index (κ1) is 17.4. The van der Waals surface area contributed by atoms with Crippen LogP contribution in [0.4, 0.5) is 4.79 Å². The van der Waals surface area contributed by atoms with Crippen molar-refractivity contribution in [3.63, 3.8) is 0 Å². The van der Waals surface area contributed by atoms with Gasteiger partial charge in [-0.3, -0.25) is 19.5 Å². The van der Waals surface area contributed by atoms with Crippen LogP contribution in [0.3, 0.4) is 0 Å². The molecule has 7 nitrogen and oxygen atoms in total. The Kier molecular flexibility index (Phi) is 4.74. The van der Waals surface area contributed by atoms with Crippen LogP contribution in [0.25, 0.3) is 0 Å². The fourth-order valence-corrected chi connectivity index (χ4v) is 3.49. The summed E-state index contributed by atoms with van der Waals surface area (Å²) < 4.78 is 0. The van der Waals surface area contributed by atoms with Gasteiger partial charge in [0, 0.05) is 12.2 Å². The van der Waals surface area contributed by atoms with Crippen molar-refractivity contribution in [1.82, 2.24) is 20.5 Å². The van der Waals surface area contributed by atoms with E-state index in [-0.39, 0.29) is 18.5 Å². The average Bonchev–Trinajstić information content (AvgIpc) is 2.82. The Morgan fingerprint density at radius 2 is 2.04 bits per heavy atom. The summed E-state index contributed by atoms with van der Waals surface area (Å²) in [6.45, 7) is 3.55. The van der Waals surface area contributed by atoms with Gasteiger partial charge in [-0.2, -0.15) is 0 Å².